The van der Waals surface area contributed by atoms with Gasteiger partial charge in [-0.15, -0.1) is 0 Å². The topological polar surface area (TPSA) is 74.4 Å². The van der Waals surface area contributed by atoms with Crippen molar-refractivity contribution in [3.05, 3.63) is 48.2 Å². The SMILES string of the molecule is CC(C)(C)OC(=O)N1CCC(NC(=O)c2cc[nH]c2-c2ccccc2)CC1. The number of amides is 2. The Bertz CT molecular complexity index is 785. The molecule has 0 unspecified atom stereocenters. The summed E-state index contributed by atoms with van der Waals surface area (Å²) in [6, 6.07) is 11.6. The molecule has 1 aromatic heterocycles. The van der Waals surface area contributed by atoms with Crippen LogP contribution in [0.15, 0.2) is 42.6 Å². The van der Waals surface area contributed by atoms with E-state index in [1.807, 2.05) is 51.1 Å². The molecule has 144 valence electrons. The molecule has 27 heavy (non-hydrogen) atoms. The minimum Gasteiger partial charge on any atom is -0.444 e. The lowest BCUT2D eigenvalue weighted by molar-refractivity contribution is 0.0199. The van der Waals surface area contributed by atoms with Crippen LogP contribution in [0.4, 0.5) is 4.79 Å². The molecule has 1 aliphatic rings. The van der Waals surface area contributed by atoms with E-state index >= 15 is 0 Å². The van der Waals surface area contributed by atoms with Gasteiger partial charge < -0.3 is 19.9 Å². The lowest BCUT2D eigenvalue weighted by atomic mass is 10.0. The molecule has 6 heteroatoms. The van der Waals surface area contributed by atoms with Gasteiger partial charge in [0.05, 0.1) is 11.3 Å². The normalized spacial score (nSPS) is 15.4. The third-order valence-electron chi connectivity index (χ3n) is 4.54. The number of ether oxygens (including phenoxy) is 1. The van der Waals surface area contributed by atoms with E-state index in [1.54, 1.807) is 17.2 Å². The van der Waals surface area contributed by atoms with Crippen molar-refractivity contribution in [2.45, 2.75) is 45.3 Å². The van der Waals surface area contributed by atoms with Gasteiger partial charge in [-0.3, -0.25) is 4.79 Å². The molecular formula is C21H27N3O3. The number of nitrogens with one attached hydrogen (secondary N) is 2. The highest BCUT2D eigenvalue weighted by Gasteiger charge is 2.28. The fraction of sp³-hybridized carbons (Fsp3) is 0.429. The lowest BCUT2D eigenvalue weighted by Crippen LogP contribution is -2.47. The van der Waals surface area contributed by atoms with Crippen molar-refractivity contribution in [2.75, 3.05) is 13.1 Å². The second-order valence-electron chi connectivity index (χ2n) is 7.85. The number of carbonyl (C=O) groups excluding carboxylic acids is 2. The maximum absolute atomic E-state index is 12.7. The molecule has 2 amide bonds. The fourth-order valence-electron chi connectivity index (χ4n) is 3.20. The Kier molecular flexibility index (Phi) is 5.54. The van der Waals surface area contributed by atoms with Crippen molar-refractivity contribution in [1.82, 2.24) is 15.2 Å². The summed E-state index contributed by atoms with van der Waals surface area (Å²) in [7, 11) is 0. The van der Waals surface area contributed by atoms with Crippen molar-refractivity contribution in [3.63, 3.8) is 0 Å². The number of H-pyrrole nitrogens is 1. The van der Waals surface area contributed by atoms with Crippen molar-refractivity contribution in [2.24, 2.45) is 0 Å². The molecule has 1 fully saturated rings. The summed E-state index contributed by atoms with van der Waals surface area (Å²) in [5.41, 5.74) is 1.94. The Morgan fingerprint density at radius 3 is 2.41 bits per heavy atom. The average molecular weight is 369 g/mol. The summed E-state index contributed by atoms with van der Waals surface area (Å²) in [4.78, 5) is 29.7. The van der Waals surface area contributed by atoms with Gasteiger partial charge in [-0.25, -0.2) is 4.79 Å². The quantitative estimate of drug-likeness (QED) is 0.864. The molecule has 2 aromatic rings. The Morgan fingerprint density at radius 2 is 1.78 bits per heavy atom. The van der Waals surface area contributed by atoms with Gasteiger partial charge in [0, 0.05) is 25.3 Å². The van der Waals surface area contributed by atoms with Gasteiger partial charge in [-0.05, 0) is 45.2 Å². The molecule has 0 saturated carbocycles. The smallest absolute Gasteiger partial charge is 0.410 e. The Balaban J connectivity index is 1.57. The number of benzene rings is 1. The van der Waals surface area contributed by atoms with Crippen molar-refractivity contribution < 1.29 is 14.3 Å². The van der Waals surface area contributed by atoms with E-state index in [-0.39, 0.29) is 18.0 Å². The number of piperidine rings is 1. The standard InChI is InChI=1S/C21H27N3O3/c1-21(2,3)27-20(26)24-13-10-16(11-14-24)23-19(25)17-9-12-22-18(17)15-7-5-4-6-8-15/h4-9,12,16,22H,10-11,13-14H2,1-3H3,(H,23,25). The zero-order chi connectivity index (χ0) is 19.4. The third kappa shape index (κ3) is 4.90. The monoisotopic (exact) mass is 369 g/mol. The van der Waals surface area contributed by atoms with Gasteiger partial charge in [0.15, 0.2) is 0 Å². The molecular weight excluding hydrogens is 342 g/mol. The molecule has 2 heterocycles. The highest BCUT2D eigenvalue weighted by molar-refractivity contribution is 6.00. The molecule has 1 saturated heterocycles. The van der Waals surface area contributed by atoms with Crippen LogP contribution in [0.1, 0.15) is 44.0 Å². The first-order valence-electron chi connectivity index (χ1n) is 9.35. The maximum atomic E-state index is 12.7. The fourth-order valence-corrected chi connectivity index (χ4v) is 3.20. The van der Waals surface area contributed by atoms with Gasteiger partial charge in [-0.2, -0.15) is 0 Å². The number of carbonyl (C=O) groups is 2. The maximum Gasteiger partial charge on any atom is 0.410 e. The van der Waals surface area contributed by atoms with Crippen LogP contribution < -0.4 is 5.32 Å². The van der Waals surface area contributed by atoms with Crippen LogP contribution in [0.3, 0.4) is 0 Å². The van der Waals surface area contributed by atoms with Gasteiger partial charge in [-0.1, -0.05) is 30.3 Å². The summed E-state index contributed by atoms with van der Waals surface area (Å²) in [6.45, 7) is 6.74. The molecule has 3 rings (SSSR count). The van der Waals surface area contributed by atoms with Crippen LogP contribution in [-0.4, -0.2) is 46.6 Å². The van der Waals surface area contributed by atoms with Crippen molar-refractivity contribution in [1.29, 1.82) is 0 Å². The molecule has 0 radical (unpaired) electrons. The van der Waals surface area contributed by atoms with Crippen LogP contribution >= 0.6 is 0 Å². The molecule has 0 spiro atoms. The summed E-state index contributed by atoms with van der Waals surface area (Å²) in [5, 5.41) is 3.10. The average Bonchev–Trinajstić information content (AvgIpc) is 3.11. The summed E-state index contributed by atoms with van der Waals surface area (Å²) in [5.74, 6) is -0.0918. The van der Waals surface area contributed by atoms with Gasteiger partial charge in [0.1, 0.15) is 5.60 Å². The van der Waals surface area contributed by atoms with Crippen molar-refractivity contribution >= 4 is 12.0 Å². The number of hydrogen-bond donors (Lipinski definition) is 2. The van der Waals surface area contributed by atoms with Crippen LogP contribution in [0.2, 0.25) is 0 Å². The summed E-state index contributed by atoms with van der Waals surface area (Å²) >= 11 is 0. The molecule has 2 N–H and O–H groups in total. The van der Waals surface area contributed by atoms with E-state index in [1.165, 1.54) is 0 Å². The van der Waals surface area contributed by atoms with E-state index in [9.17, 15) is 9.59 Å². The minimum atomic E-state index is -0.496. The number of aromatic amines is 1. The zero-order valence-corrected chi connectivity index (χ0v) is 16.1. The summed E-state index contributed by atoms with van der Waals surface area (Å²) in [6.07, 6.45) is 2.93. The highest BCUT2D eigenvalue weighted by atomic mass is 16.6. The predicted molar refractivity (Wildman–Crippen MR) is 105 cm³/mol. The number of hydrogen-bond acceptors (Lipinski definition) is 3. The first-order valence-corrected chi connectivity index (χ1v) is 9.35. The molecule has 0 atom stereocenters. The second-order valence-corrected chi connectivity index (χ2v) is 7.85. The Hall–Kier alpha value is -2.76. The van der Waals surface area contributed by atoms with Crippen LogP contribution in [0, 0.1) is 0 Å². The second kappa shape index (κ2) is 7.86. The number of rotatable bonds is 3. The van der Waals surface area contributed by atoms with E-state index in [2.05, 4.69) is 10.3 Å². The Morgan fingerprint density at radius 1 is 1.11 bits per heavy atom. The van der Waals surface area contributed by atoms with Crippen LogP contribution in [0.25, 0.3) is 11.3 Å². The first kappa shape index (κ1) is 19.0. The third-order valence-corrected chi connectivity index (χ3v) is 4.54. The Labute approximate surface area is 159 Å². The minimum absolute atomic E-state index is 0.0507. The van der Waals surface area contributed by atoms with Gasteiger partial charge in [0.2, 0.25) is 0 Å². The highest BCUT2D eigenvalue weighted by Crippen LogP contribution is 2.22. The van der Waals surface area contributed by atoms with Gasteiger partial charge >= 0.3 is 6.09 Å². The van der Waals surface area contributed by atoms with Crippen LogP contribution in [0.5, 0.6) is 0 Å². The van der Waals surface area contributed by atoms with Crippen LogP contribution in [-0.2, 0) is 4.74 Å². The molecule has 0 aliphatic carbocycles. The van der Waals surface area contributed by atoms with E-state index in [4.69, 9.17) is 4.74 Å². The van der Waals surface area contributed by atoms with Gasteiger partial charge in [0.25, 0.3) is 5.91 Å². The molecule has 0 bridgehead atoms. The van der Waals surface area contributed by atoms with E-state index in [0.29, 0.717) is 18.7 Å². The number of aromatic nitrogens is 1. The first-order chi connectivity index (χ1) is 12.8. The largest absolute Gasteiger partial charge is 0.444 e. The van der Waals surface area contributed by atoms with E-state index in [0.717, 1.165) is 24.1 Å². The summed E-state index contributed by atoms with van der Waals surface area (Å²) < 4.78 is 5.41. The molecule has 1 aromatic carbocycles. The number of nitrogens with zero attached hydrogens (tertiary/aromatic N) is 1. The zero-order valence-electron chi connectivity index (χ0n) is 16.1. The molecule has 1 aliphatic heterocycles. The number of likely N-dealkylation sites (tertiary alicyclic amines) is 1. The van der Waals surface area contributed by atoms with Crippen molar-refractivity contribution in [3.8, 4) is 11.3 Å². The lowest BCUT2D eigenvalue weighted by Gasteiger charge is -2.33. The van der Waals surface area contributed by atoms with E-state index < -0.39 is 5.60 Å². The predicted octanol–water partition coefficient (Wildman–Crippen LogP) is 3.81. The molecule has 6 nitrogen and oxygen atoms in total.